The number of carboxylic acid groups (broad SMARTS) is 2. The molecule has 0 fully saturated rings. The van der Waals surface area contributed by atoms with E-state index in [1.54, 1.807) is 0 Å². The maximum Gasteiger partial charge on any atom is 3.00 e. The van der Waals surface area contributed by atoms with Crippen molar-refractivity contribution in [2.45, 2.75) is 0 Å². The van der Waals surface area contributed by atoms with E-state index in [0.717, 1.165) is 0 Å². The summed E-state index contributed by atoms with van der Waals surface area (Å²) < 4.78 is 0. The van der Waals surface area contributed by atoms with Gasteiger partial charge in [-0.3, -0.25) is 0 Å². The molecule has 0 saturated carbocycles. The third-order valence-corrected chi connectivity index (χ3v) is 0. The Morgan fingerprint density at radius 2 is 1.33 bits per heavy atom. The van der Waals surface area contributed by atoms with Crippen LogP contribution in [-0.4, -0.2) is 6.16 Å². The van der Waals surface area contributed by atoms with Crippen LogP contribution in [0.1, 0.15) is 0 Å². The van der Waals surface area contributed by atoms with Gasteiger partial charge in [-0.05, 0) is 6.16 Å². The summed E-state index contributed by atoms with van der Waals surface area (Å²) in [5.41, 5.74) is 0. The van der Waals surface area contributed by atoms with E-state index in [4.69, 9.17) is 15.0 Å². The van der Waals surface area contributed by atoms with E-state index in [1.807, 2.05) is 0 Å². The summed E-state index contributed by atoms with van der Waals surface area (Å²) in [5, 5.41) is 16.7. The first kappa shape index (κ1) is 15.6. The molecule has 1 radical (unpaired) electrons. The van der Waals surface area contributed by atoms with Crippen LogP contribution in [0.5, 0.6) is 0 Å². The number of carbonyl (C=O) groups excluding carboxylic acids is 1. The van der Waals surface area contributed by atoms with E-state index in [1.165, 1.54) is 0 Å². The predicted molar refractivity (Wildman–Crippen MR) is 5.40 cm³/mol. The van der Waals surface area contributed by atoms with E-state index in [-0.39, 0.29) is 68.0 Å². The fourth-order valence-corrected chi connectivity index (χ4v) is 0. The minimum Gasteiger partial charge on any atom is -0.652 e. The molecule has 0 atom stereocenters. The summed E-state index contributed by atoms with van der Waals surface area (Å²) in [6.45, 7) is 0. The summed E-state index contributed by atoms with van der Waals surface area (Å²) >= 11 is 0. The van der Waals surface area contributed by atoms with Crippen molar-refractivity contribution < 1.29 is 83.0 Å². The van der Waals surface area contributed by atoms with Gasteiger partial charge >= 0.3 is 68.0 Å². The van der Waals surface area contributed by atoms with Crippen LogP contribution in [0.4, 0.5) is 4.79 Å². The molecule has 0 aromatic heterocycles. The van der Waals surface area contributed by atoms with E-state index in [2.05, 4.69) is 0 Å². The maximum absolute atomic E-state index is 8.33. The van der Waals surface area contributed by atoms with Crippen molar-refractivity contribution in [3.63, 3.8) is 0 Å². The third-order valence-electron chi connectivity index (χ3n) is 0. The zero-order valence-corrected chi connectivity index (χ0v) is 8.32. The molecule has 0 rings (SSSR count). The van der Waals surface area contributed by atoms with Gasteiger partial charge in [-0.25, -0.2) is 0 Å². The van der Waals surface area contributed by atoms with Crippen LogP contribution in [0.15, 0.2) is 0 Å². The van der Waals surface area contributed by atoms with Crippen molar-refractivity contribution in [2.75, 3.05) is 0 Å². The van der Waals surface area contributed by atoms with Gasteiger partial charge in [0.05, 0.1) is 0 Å². The van der Waals surface area contributed by atoms with Gasteiger partial charge in [0.2, 0.25) is 0 Å². The molecule has 0 heterocycles. The molecule has 0 N–H and O–H groups in total. The number of hydrogen-bond donors (Lipinski definition) is 0. The minimum atomic E-state index is -2.33. The van der Waals surface area contributed by atoms with Crippen molar-refractivity contribution in [3.8, 4) is 0 Å². The second-order valence-corrected chi connectivity index (χ2v) is 0.250. The summed E-state index contributed by atoms with van der Waals surface area (Å²) in [4.78, 5) is 8.33. The monoisotopic (exact) mass is 290 g/mol. The molecule has 0 aliphatic heterocycles. The molecule has 0 aromatic rings. The van der Waals surface area contributed by atoms with Gasteiger partial charge in [0.25, 0.3) is 0 Å². The molecule has 3 nitrogen and oxygen atoms in total. The molecule has 0 bridgehead atoms. The Labute approximate surface area is 87.6 Å². The maximum atomic E-state index is 8.33. The van der Waals surface area contributed by atoms with Crippen LogP contribution in [0.3, 0.4) is 0 Å². The summed E-state index contributed by atoms with van der Waals surface area (Å²) in [5.74, 6) is 0. The van der Waals surface area contributed by atoms with E-state index in [9.17, 15) is 0 Å². The van der Waals surface area contributed by atoms with Gasteiger partial charge in [-0.1, -0.05) is 0 Å². The van der Waals surface area contributed by atoms with Gasteiger partial charge in [0, 0.05) is 0 Å². The predicted octanol–water partition coefficient (Wildman–Crippen LogP) is -2.45. The van der Waals surface area contributed by atoms with Crippen molar-refractivity contribution in [3.05, 3.63) is 0 Å². The van der Waals surface area contributed by atoms with E-state index in [0.29, 0.717) is 0 Å². The first-order valence-electron chi connectivity index (χ1n) is 0.612. The normalized spacial score (nSPS) is 4.00. The SMILES string of the molecule is O=C([O-])[O-].[Ce+3].[Zr+2]. The van der Waals surface area contributed by atoms with Gasteiger partial charge in [0.1, 0.15) is 0 Å². The first-order chi connectivity index (χ1) is 1.73. The Morgan fingerprint density at radius 1 is 1.33 bits per heavy atom. The zero-order valence-electron chi connectivity index (χ0n) is 2.72. The fourth-order valence-electron chi connectivity index (χ4n) is 0. The van der Waals surface area contributed by atoms with Gasteiger partial charge in [-0.15, -0.1) is 0 Å². The minimum absolute atomic E-state index is 0. The standard InChI is InChI=1S/CH2O3.Ce.Zr/c2-1(3)4;;/h(H2,2,3,4);;/q;+3;+2/p-2. The van der Waals surface area contributed by atoms with Crippen molar-refractivity contribution in [2.24, 2.45) is 0 Å². The second-order valence-electron chi connectivity index (χ2n) is 0.250. The van der Waals surface area contributed by atoms with Crippen molar-refractivity contribution in [1.82, 2.24) is 0 Å². The van der Waals surface area contributed by atoms with Crippen molar-refractivity contribution in [1.29, 1.82) is 0 Å². The Balaban J connectivity index is -0.0000000450. The Hall–Kier alpha value is 1.53. The van der Waals surface area contributed by atoms with Crippen molar-refractivity contribution >= 4 is 6.16 Å². The Bertz CT molecular complexity index is 33.8. The zero-order chi connectivity index (χ0) is 3.58. The molecule has 27 valence electrons. The van der Waals surface area contributed by atoms with Gasteiger partial charge in [-0.2, -0.15) is 0 Å². The molecule has 5 heteroatoms. The summed E-state index contributed by atoms with van der Waals surface area (Å²) in [6, 6.07) is 0. The average Bonchev–Trinajstić information content (AvgIpc) is 0.811. The van der Waals surface area contributed by atoms with Crippen LogP contribution < -0.4 is 10.2 Å². The molecule has 0 aliphatic rings. The first-order valence-corrected chi connectivity index (χ1v) is 0.612. The topological polar surface area (TPSA) is 63.2 Å². The second kappa shape index (κ2) is 9.73. The summed E-state index contributed by atoms with van der Waals surface area (Å²) in [7, 11) is 0. The molecular weight excluding hydrogens is 291 g/mol. The Morgan fingerprint density at radius 3 is 1.33 bits per heavy atom. The number of carbonyl (C=O) groups is 1. The van der Waals surface area contributed by atoms with Crippen LogP contribution in [0.2, 0.25) is 0 Å². The molecule has 0 amide bonds. The molecule has 0 spiro atoms. The fraction of sp³-hybridized carbons (Fsp3) is 0. The van der Waals surface area contributed by atoms with Crippen LogP contribution in [-0.2, 0) is 26.2 Å². The third kappa shape index (κ3) is 48.5. The van der Waals surface area contributed by atoms with Gasteiger partial charge < -0.3 is 15.0 Å². The molecular formula is CCeO3Zr+3. The van der Waals surface area contributed by atoms with E-state index >= 15 is 0 Å². The van der Waals surface area contributed by atoms with E-state index < -0.39 is 6.16 Å². The smallest absolute Gasteiger partial charge is 0.652 e. The quantitative estimate of drug-likeness (QED) is 0.498. The molecule has 0 aliphatic carbocycles. The number of rotatable bonds is 0. The largest absolute Gasteiger partial charge is 3.00 e. The Kier molecular flexibility index (Phi) is 25.4. The van der Waals surface area contributed by atoms with Crippen LogP contribution in [0, 0.1) is 41.7 Å². The molecule has 0 unspecified atom stereocenters. The number of hydrogen-bond acceptors (Lipinski definition) is 3. The molecule has 0 saturated heterocycles. The molecule has 0 aromatic carbocycles. The summed E-state index contributed by atoms with van der Waals surface area (Å²) in [6.07, 6.45) is -2.33. The van der Waals surface area contributed by atoms with Gasteiger partial charge in [0.15, 0.2) is 0 Å². The van der Waals surface area contributed by atoms with Crippen LogP contribution >= 0.6 is 0 Å². The average molecular weight is 291 g/mol. The molecule has 6 heavy (non-hydrogen) atoms. The van der Waals surface area contributed by atoms with Crippen LogP contribution in [0.25, 0.3) is 0 Å².